The molecule has 0 radical (unpaired) electrons. The molecule has 0 saturated heterocycles. The van der Waals surface area contributed by atoms with E-state index < -0.39 is 7.43 Å². The fraction of sp³-hybridized carbons (Fsp3) is 0.652. The first-order chi connectivity index (χ1) is 12.5. The lowest BCUT2D eigenvalue weighted by molar-refractivity contribution is 0.319. The lowest BCUT2D eigenvalue weighted by Gasteiger charge is -2.34. The molecule has 0 heterocycles. The monoisotopic (exact) mass is 445 g/mol. The highest BCUT2D eigenvalue weighted by atomic mass is 35.7. The minimum atomic E-state index is -1.19. The maximum atomic E-state index is 6.86. The summed E-state index contributed by atoms with van der Waals surface area (Å²) in [7, 11) is 0.396. The maximum absolute atomic E-state index is 6.86. The highest BCUT2D eigenvalue weighted by molar-refractivity contribution is 7.88. The molecule has 1 rings (SSSR count). The Bertz CT molecular complexity index is 687. The first-order valence-corrected chi connectivity index (χ1v) is 12.5. The van der Waals surface area contributed by atoms with Gasteiger partial charge in [-0.15, -0.1) is 0 Å². The summed E-state index contributed by atoms with van der Waals surface area (Å²) in [6.07, 6.45) is 0.741. The molecule has 0 aromatic heterocycles. The van der Waals surface area contributed by atoms with Crippen LogP contribution in [-0.4, -0.2) is 7.11 Å². The van der Waals surface area contributed by atoms with Crippen molar-refractivity contribution in [1.29, 1.82) is 0 Å². The molecular formula is C23H38Cl2NOP. The third-order valence-corrected chi connectivity index (χ3v) is 7.60. The number of hydrogen-bond acceptors (Lipinski definition) is 2. The van der Waals surface area contributed by atoms with Crippen molar-refractivity contribution in [2.75, 3.05) is 12.2 Å². The number of benzene rings is 1. The molecule has 2 nitrogen and oxygen atoms in total. The number of halogens is 2. The lowest BCUT2D eigenvalue weighted by Crippen LogP contribution is -2.23. The summed E-state index contributed by atoms with van der Waals surface area (Å²) >= 11 is 13.1. The average molecular weight is 446 g/mol. The standard InChI is InChI=1S/C23H38Cl2NOP/c1-12-18(20(24)27-11)28(25)26-19-16(22(5,6)7)13-15(21(2,3)4)14-17(19)23(8,9)10/h13-14,26H,12H2,1-11H3/b20-18+. The maximum Gasteiger partial charge on any atom is 0.193 e. The lowest BCUT2D eigenvalue weighted by atomic mass is 9.74. The van der Waals surface area contributed by atoms with E-state index in [9.17, 15) is 0 Å². The summed E-state index contributed by atoms with van der Waals surface area (Å²) in [5.74, 6) is 0. The Hall–Kier alpha value is -0.430. The molecule has 0 amide bonds. The first kappa shape index (κ1) is 25.6. The number of methoxy groups -OCH3 is 1. The summed E-state index contributed by atoms with van der Waals surface area (Å²) < 4.78 is 5.26. The Kier molecular flexibility index (Phi) is 8.37. The molecule has 0 saturated carbocycles. The van der Waals surface area contributed by atoms with Gasteiger partial charge in [0.05, 0.1) is 7.11 Å². The molecule has 0 fully saturated rings. The number of hydrogen-bond donors (Lipinski definition) is 1. The van der Waals surface area contributed by atoms with Crippen LogP contribution in [0, 0.1) is 0 Å². The van der Waals surface area contributed by atoms with Crippen LogP contribution in [0.4, 0.5) is 5.69 Å². The topological polar surface area (TPSA) is 21.3 Å². The Morgan fingerprint density at radius 1 is 0.929 bits per heavy atom. The van der Waals surface area contributed by atoms with Crippen LogP contribution in [0.5, 0.6) is 0 Å². The van der Waals surface area contributed by atoms with Crippen molar-refractivity contribution in [3.63, 3.8) is 0 Å². The van der Waals surface area contributed by atoms with Crippen molar-refractivity contribution in [2.24, 2.45) is 0 Å². The zero-order valence-corrected chi connectivity index (χ0v) is 21.9. The van der Waals surface area contributed by atoms with Gasteiger partial charge in [-0.3, -0.25) is 0 Å². The number of nitrogens with one attached hydrogen (secondary N) is 1. The number of rotatable bonds is 5. The molecule has 0 aliphatic heterocycles. The zero-order valence-electron chi connectivity index (χ0n) is 19.5. The SMILES string of the molecule is CC/C(=C(/Cl)OC)P(Cl)Nc1c(C(C)(C)C)cc(C(C)(C)C)cc1C(C)(C)C. The zero-order chi connectivity index (χ0) is 22.1. The largest absolute Gasteiger partial charge is 0.486 e. The summed E-state index contributed by atoms with van der Waals surface area (Å²) in [6, 6.07) is 4.68. The molecule has 0 spiro atoms. The van der Waals surface area contributed by atoms with Crippen LogP contribution in [0.15, 0.2) is 22.7 Å². The predicted molar refractivity (Wildman–Crippen MR) is 129 cm³/mol. The van der Waals surface area contributed by atoms with Crippen molar-refractivity contribution in [2.45, 2.75) is 91.9 Å². The predicted octanol–water partition coefficient (Wildman–Crippen LogP) is 9.01. The summed E-state index contributed by atoms with van der Waals surface area (Å²) in [5, 5.41) is 4.95. The molecule has 160 valence electrons. The summed E-state index contributed by atoms with van der Waals surface area (Å²) in [4.78, 5) is 0. The van der Waals surface area contributed by atoms with E-state index in [4.69, 9.17) is 27.6 Å². The molecule has 0 aliphatic carbocycles. The van der Waals surface area contributed by atoms with E-state index in [-0.39, 0.29) is 16.2 Å². The van der Waals surface area contributed by atoms with Gasteiger partial charge < -0.3 is 9.82 Å². The molecule has 5 heteroatoms. The van der Waals surface area contributed by atoms with E-state index in [1.807, 2.05) is 6.92 Å². The normalized spacial score (nSPS) is 15.2. The molecule has 0 bridgehead atoms. The summed E-state index contributed by atoms with van der Waals surface area (Å²) in [6.45, 7) is 22.3. The van der Waals surface area contributed by atoms with Crippen LogP contribution in [0.2, 0.25) is 0 Å². The molecule has 1 aromatic rings. The van der Waals surface area contributed by atoms with Gasteiger partial charge >= 0.3 is 0 Å². The van der Waals surface area contributed by atoms with E-state index >= 15 is 0 Å². The molecule has 1 aromatic carbocycles. The van der Waals surface area contributed by atoms with Crippen molar-refractivity contribution >= 4 is 36.0 Å². The molecule has 28 heavy (non-hydrogen) atoms. The molecule has 1 atom stereocenters. The number of allylic oxidation sites excluding steroid dienone is 1. The van der Waals surface area contributed by atoms with Crippen molar-refractivity contribution in [1.82, 2.24) is 0 Å². The van der Waals surface area contributed by atoms with Crippen LogP contribution in [0.3, 0.4) is 0 Å². The second-order valence-electron chi connectivity index (χ2n) is 10.4. The van der Waals surface area contributed by atoms with Crippen LogP contribution in [0.1, 0.15) is 92.3 Å². The first-order valence-electron chi connectivity index (χ1n) is 9.88. The minimum absolute atomic E-state index is 0.0300. The van der Waals surface area contributed by atoms with Gasteiger partial charge in [0.1, 0.15) is 7.43 Å². The van der Waals surface area contributed by atoms with Crippen LogP contribution in [0.25, 0.3) is 0 Å². The van der Waals surface area contributed by atoms with E-state index in [1.165, 1.54) is 16.7 Å². The second-order valence-corrected chi connectivity index (χ2v) is 13.0. The van der Waals surface area contributed by atoms with Crippen LogP contribution in [-0.2, 0) is 21.0 Å². The molecule has 1 N–H and O–H groups in total. The van der Waals surface area contributed by atoms with Gasteiger partial charge in [0, 0.05) is 11.0 Å². The Morgan fingerprint density at radius 3 is 1.64 bits per heavy atom. The van der Waals surface area contributed by atoms with Crippen LogP contribution < -0.4 is 5.09 Å². The fourth-order valence-corrected chi connectivity index (χ4v) is 5.47. The van der Waals surface area contributed by atoms with Gasteiger partial charge in [-0.1, -0.05) is 92.6 Å². The highest BCUT2D eigenvalue weighted by Gasteiger charge is 2.30. The third kappa shape index (κ3) is 6.28. The Labute approximate surface area is 184 Å². The van der Waals surface area contributed by atoms with Gasteiger partial charge in [-0.25, -0.2) is 0 Å². The Balaban J connectivity index is 3.76. The molecule has 0 aliphatic rings. The van der Waals surface area contributed by atoms with Gasteiger partial charge in [0.2, 0.25) is 0 Å². The van der Waals surface area contributed by atoms with E-state index in [2.05, 4.69) is 79.5 Å². The molecule has 1 unspecified atom stereocenters. The third-order valence-electron chi connectivity index (χ3n) is 4.81. The van der Waals surface area contributed by atoms with Gasteiger partial charge in [0.25, 0.3) is 0 Å². The molecular weight excluding hydrogens is 408 g/mol. The number of ether oxygens (including phenoxy) is 1. The van der Waals surface area contributed by atoms with E-state index in [1.54, 1.807) is 7.11 Å². The summed E-state index contributed by atoms with van der Waals surface area (Å²) in [5.41, 5.74) is 5.03. The quantitative estimate of drug-likeness (QED) is 0.360. The van der Waals surface area contributed by atoms with E-state index in [0.29, 0.717) is 5.22 Å². The van der Waals surface area contributed by atoms with E-state index in [0.717, 1.165) is 17.4 Å². The van der Waals surface area contributed by atoms with Gasteiger partial charge in [0.15, 0.2) is 5.22 Å². The van der Waals surface area contributed by atoms with Gasteiger partial charge in [-0.05, 0) is 51.0 Å². The number of anilines is 1. The average Bonchev–Trinajstić information content (AvgIpc) is 2.52. The van der Waals surface area contributed by atoms with Crippen molar-refractivity contribution in [3.8, 4) is 0 Å². The smallest absolute Gasteiger partial charge is 0.193 e. The second kappa shape index (κ2) is 9.15. The van der Waals surface area contributed by atoms with Crippen LogP contribution >= 0.6 is 30.3 Å². The Morgan fingerprint density at radius 2 is 1.36 bits per heavy atom. The van der Waals surface area contributed by atoms with Crippen molar-refractivity contribution in [3.05, 3.63) is 39.4 Å². The van der Waals surface area contributed by atoms with Crippen molar-refractivity contribution < 1.29 is 4.74 Å². The highest BCUT2D eigenvalue weighted by Crippen LogP contribution is 2.55. The van der Waals surface area contributed by atoms with Gasteiger partial charge in [-0.2, -0.15) is 0 Å². The minimum Gasteiger partial charge on any atom is -0.486 e. The fourth-order valence-electron chi connectivity index (χ4n) is 3.02.